The maximum absolute atomic E-state index is 10.6. The first-order chi connectivity index (χ1) is 7.83. The third-order valence-corrected chi connectivity index (χ3v) is 2.81. The van der Waals surface area contributed by atoms with Gasteiger partial charge in [0.1, 0.15) is 0 Å². The van der Waals surface area contributed by atoms with E-state index < -0.39 is 5.97 Å². The summed E-state index contributed by atoms with van der Waals surface area (Å²) >= 11 is 0. The summed E-state index contributed by atoms with van der Waals surface area (Å²) in [6, 6.07) is 6.29. The zero-order valence-corrected chi connectivity index (χ0v) is 11.1. The number of nitrogens with zero attached hydrogens (tertiary/aromatic N) is 1. The summed E-state index contributed by atoms with van der Waals surface area (Å²) < 4.78 is 0. The molecule has 0 fully saturated rings. The molecular weight excluding hydrogens is 214 g/mol. The zero-order chi connectivity index (χ0) is 13.1. The van der Waals surface area contributed by atoms with E-state index in [0.29, 0.717) is 0 Å². The van der Waals surface area contributed by atoms with Crippen molar-refractivity contribution in [2.45, 2.75) is 40.0 Å². The van der Waals surface area contributed by atoms with E-state index in [4.69, 9.17) is 0 Å². The molecule has 1 rings (SSSR count). The highest BCUT2D eigenvalue weighted by Crippen LogP contribution is 2.23. The molecule has 0 radical (unpaired) electrons. The summed E-state index contributed by atoms with van der Waals surface area (Å²) in [7, 11) is 0. The van der Waals surface area contributed by atoms with Crippen LogP contribution in [0, 0.1) is 13.8 Å². The average Bonchev–Trinajstić information content (AvgIpc) is 2.21. The minimum atomic E-state index is -0.405. The van der Waals surface area contributed by atoms with E-state index in [0.717, 1.165) is 5.56 Å². The molecule has 17 heavy (non-hydrogen) atoms. The molecule has 0 N–H and O–H groups in total. The fourth-order valence-corrected chi connectivity index (χ4v) is 1.45. The molecule has 0 saturated carbocycles. The molecule has 0 heterocycles. The number of carbonyl (C=O) groups is 1. The van der Waals surface area contributed by atoms with Crippen molar-refractivity contribution in [2.75, 3.05) is 0 Å². The summed E-state index contributed by atoms with van der Waals surface area (Å²) in [5, 5.41) is 3.70. The van der Waals surface area contributed by atoms with Gasteiger partial charge in [-0.2, -0.15) is 0 Å². The SMILES string of the molecule is CC(=O)O/N=C\C(C)(C)c1ccc(C)c(C)c1. The maximum atomic E-state index is 10.6. The summed E-state index contributed by atoms with van der Waals surface area (Å²) in [6.45, 7) is 9.56. The van der Waals surface area contributed by atoms with Gasteiger partial charge in [0.15, 0.2) is 0 Å². The molecular formula is C14H19NO2. The van der Waals surface area contributed by atoms with Crippen LogP contribution < -0.4 is 0 Å². The van der Waals surface area contributed by atoms with Gasteiger partial charge in [-0.05, 0) is 30.5 Å². The van der Waals surface area contributed by atoms with Crippen LogP contribution in [0.15, 0.2) is 23.4 Å². The van der Waals surface area contributed by atoms with Gasteiger partial charge in [-0.25, -0.2) is 4.79 Å². The van der Waals surface area contributed by atoms with Gasteiger partial charge in [0, 0.05) is 12.3 Å². The van der Waals surface area contributed by atoms with Gasteiger partial charge in [0.2, 0.25) is 0 Å². The zero-order valence-electron chi connectivity index (χ0n) is 11.1. The quantitative estimate of drug-likeness (QED) is 0.457. The standard InChI is InChI=1S/C14H19NO2/c1-10-6-7-13(8-11(10)2)14(4,5)9-15-17-12(3)16/h6-9H,1-5H3/b15-9-. The monoisotopic (exact) mass is 233 g/mol. The number of carbonyl (C=O) groups excluding carboxylic acids is 1. The van der Waals surface area contributed by atoms with Crippen molar-refractivity contribution in [1.82, 2.24) is 0 Å². The summed E-state index contributed by atoms with van der Waals surface area (Å²) in [4.78, 5) is 15.2. The van der Waals surface area contributed by atoms with E-state index in [1.54, 1.807) is 6.21 Å². The molecule has 3 nitrogen and oxygen atoms in total. The number of aryl methyl sites for hydroxylation is 2. The Hall–Kier alpha value is -1.64. The minimum Gasteiger partial charge on any atom is -0.319 e. The fraction of sp³-hybridized carbons (Fsp3) is 0.429. The molecule has 0 saturated heterocycles. The first kappa shape index (κ1) is 13.4. The van der Waals surface area contributed by atoms with Crippen LogP contribution in [0.4, 0.5) is 0 Å². The lowest BCUT2D eigenvalue weighted by Gasteiger charge is -2.20. The lowest BCUT2D eigenvalue weighted by atomic mass is 9.84. The van der Waals surface area contributed by atoms with Crippen LogP contribution >= 0.6 is 0 Å². The summed E-state index contributed by atoms with van der Waals surface area (Å²) in [6.07, 6.45) is 1.65. The second-order valence-corrected chi connectivity index (χ2v) is 4.84. The normalized spacial score (nSPS) is 11.8. The molecule has 1 aromatic rings. The highest BCUT2D eigenvalue weighted by atomic mass is 16.7. The van der Waals surface area contributed by atoms with Crippen molar-refractivity contribution in [1.29, 1.82) is 0 Å². The Kier molecular flexibility index (Phi) is 4.05. The van der Waals surface area contributed by atoms with Gasteiger partial charge in [-0.15, -0.1) is 0 Å². The van der Waals surface area contributed by atoms with E-state index in [1.165, 1.54) is 18.1 Å². The smallest absolute Gasteiger partial charge is 0.319 e. The molecule has 0 aliphatic heterocycles. The molecule has 0 aromatic heterocycles. The number of hydrogen-bond acceptors (Lipinski definition) is 3. The van der Waals surface area contributed by atoms with Gasteiger partial charge in [0.05, 0.1) is 6.21 Å². The molecule has 0 aliphatic rings. The van der Waals surface area contributed by atoms with E-state index in [9.17, 15) is 4.79 Å². The molecule has 0 aliphatic carbocycles. The van der Waals surface area contributed by atoms with Gasteiger partial charge >= 0.3 is 5.97 Å². The molecule has 0 unspecified atom stereocenters. The molecule has 0 bridgehead atoms. The molecule has 0 atom stereocenters. The third-order valence-electron chi connectivity index (χ3n) is 2.81. The minimum absolute atomic E-state index is 0.256. The molecule has 3 heteroatoms. The fourth-order valence-electron chi connectivity index (χ4n) is 1.45. The lowest BCUT2D eigenvalue weighted by molar-refractivity contribution is -0.140. The number of rotatable bonds is 3. The Morgan fingerprint density at radius 3 is 2.47 bits per heavy atom. The van der Waals surface area contributed by atoms with Gasteiger partial charge in [-0.3, -0.25) is 0 Å². The van der Waals surface area contributed by atoms with Crippen molar-refractivity contribution in [3.05, 3.63) is 34.9 Å². The second-order valence-electron chi connectivity index (χ2n) is 4.84. The third kappa shape index (κ3) is 3.70. The molecule has 1 aromatic carbocycles. The van der Waals surface area contributed by atoms with Crippen LogP contribution in [-0.4, -0.2) is 12.2 Å². The van der Waals surface area contributed by atoms with Gasteiger partial charge < -0.3 is 4.84 Å². The predicted octanol–water partition coefficient (Wildman–Crippen LogP) is 3.13. The van der Waals surface area contributed by atoms with Crippen molar-refractivity contribution in [3.63, 3.8) is 0 Å². The Bertz CT molecular complexity index is 448. The topological polar surface area (TPSA) is 38.7 Å². The van der Waals surface area contributed by atoms with Crippen LogP contribution in [0.3, 0.4) is 0 Å². The molecule has 92 valence electrons. The van der Waals surface area contributed by atoms with Crippen molar-refractivity contribution in [2.24, 2.45) is 5.16 Å². The Balaban J connectivity index is 2.92. The van der Waals surface area contributed by atoms with Crippen LogP contribution in [-0.2, 0) is 15.0 Å². The van der Waals surface area contributed by atoms with Crippen molar-refractivity contribution < 1.29 is 9.63 Å². The Morgan fingerprint density at radius 2 is 1.94 bits per heavy atom. The number of benzene rings is 1. The second kappa shape index (κ2) is 5.13. The first-order valence-electron chi connectivity index (χ1n) is 5.63. The average molecular weight is 233 g/mol. The highest BCUT2D eigenvalue weighted by molar-refractivity contribution is 5.73. The lowest BCUT2D eigenvalue weighted by Crippen LogP contribution is -2.19. The van der Waals surface area contributed by atoms with Crippen LogP contribution in [0.1, 0.15) is 37.5 Å². The van der Waals surface area contributed by atoms with E-state index >= 15 is 0 Å². The molecule has 0 spiro atoms. The molecule has 0 amide bonds. The van der Waals surface area contributed by atoms with Crippen molar-refractivity contribution in [3.8, 4) is 0 Å². The van der Waals surface area contributed by atoms with Gasteiger partial charge in [0.25, 0.3) is 0 Å². The van der Waals surface area contributed by atoms with Crippen LogP contribution in [0.5, 0.6) is 0 Å². The first-order valence-corrected chi connectivity index (χ1v) is 5.63. The predicted molar refractivity (Wildman–Crippen MR) is 69.2 cm³/mol. The maximum Gasteiger partial charge on any atom is 0.331 e. The van der Waals surface area contributed by atoms with Crippen molar-refractivity contribution >= 4 is 12.2 Å². The van der Waals surface area contributed by atoms with Gasteiger partial charge in [-0.1, -0.05) is 37.2 Å². The Morgan fingerprint density at radius 1 is 1.29 bits per heavy atom. The highest BCUT2D eigenvalue weighted by Gasteiger charge is 2.18. The summed E-state index contributed by atoms with van der Waals surface area (Å²) in [5.74, 6) is -0.405. The largest absolute Gasteiger partial charge is 0.331 e. The van der Waals surface area contributed by atoms with Crippen LogP contribution in [0.2, 0.25) is 0 Å². The Labute approximate surface area is 102 Å². The summed E-state index contributed by atoms with van der Waals surface area (Å²) in [5.41, 5.74) is 3.41. The van der Waals surface area contributed by atoms with E-state index in [-0.39, 0.29) is 5.41 Å². The van der Waals surface area contributed by atoms with Crippen LogP contribution in [0.25, 0.3) is 0 Å². The van der Waals surface area contributed by atoms with E-state index in [2.05, 4.69) is 42.0 Å². The number of oxime groups is 1. The van der Waals surface area contributed by atoms with E-state index in [1.807, 2.05) is 13.8 Å². The number of hydrogen-bond donors (Lipinski definition) is 0.